The Morgan fingerprint density at radius 3 is 2.60 bits per heavy atom. The van der Waals surface area contributed by atoms with E-state index in [0.29, 0.717) is 6.54 Å². The monoisotopic (exact) mass is 298 g/mol. The van der Waals surface area contributed by atoms with Crippen LogP contribution in [0.1, 0.15) is 38.1 Å². The van der Waals surface area contributed by atoms with Crippen LogP contribution in [0.25, 0.3) is 0 Å². The first kappa shape index (κ1) is 16.5. The van der Waals surface area contributed by atoms with Crippen LogP contribution in [-0.4, -0.2) is 35.1 Å². The number of rotatable bonds is 7. The highest BCUT2D eigenvalue weighted by molar-refractivity contribution is 7.10. The van der Waals surface area contributed by atoms with E-state index in [9.17, 15) is 9.59 Å². The van der Waals surface area contributed by atoms with E-state index in [-0.39, 0.29) is 31.0 Å². The minimum Gasteiger partial charge on any atom is -0.481 e. The van der Waals surface area contributed by atoms with Crippen molar-refractivity contribution in [2.75, 3.05) is 13.1 Å². The van der Waals surface area contributed by atoms with Crippen molar-refractivity contribution in [3.63, 3.8) is 0 Å². The van der Waals surface area contributed by atoms with Crippen LogP contribution in [-0.2, 0) is 4.79 Å². The maximum absolute atomic E-state index is 12.2. The fourth-order valence-corrected chi connectivity index (χ4v) is 2.84. The summed E-state index contributed by atoms with van der Waals surface area (Å²) in [4.78, 5) is 25.5. The molecule has 6 heteroatoms. The molecule has 0 aromatic carbocycles. The van der Waals surface area contributed by atoms with Gasteiger partial charge in [0, 0.05) is 18.0 Å². The maximum Gasteiger partial charge on any atom is 0.317 e. The summed E-state index contributed by atoms with van der Waals surface area (Å²) in [6.45, 7) is 6.68. The fourth-order valence-electron chi connectivity index (χ4n) is 1.89. The molecule has 0 saturated carbocycles. The van der Waals surface area contributed by atoms with Crippen LogP contribution in [0, 0.1) is 5.92 Å². The van der Waals surface area contributed by atoms with Gasteiger partial charge in [0.2, 0.25) is 0 Å². The molecular weight excluding hydrogens is 276 g/mol. The zero-order valence-corrected chi connectivity index (χ0v) is 12.9. The first-order valence-corrected chi connectivity index (χ1v) is 7.64. The molecule has 0 saturated heterocycles. The molecule has 0 bridgehead atoms. The summed E-state index contributed by atoms with van der Waals surface area (Å²) in [5, 5.41) is 13.7. The Morgan fingerprint density at radius 1 is 1.45 bits per heavy atom. The molecule has 0 fully saturated rings. The number of nitrogens with one attached hydrogen (secondary N) is 1. The Kier molecular flexibility index (Phi) is 6.51. The van der Waals surface area contributed by atoms with E-state index in [1.165, 1.54) is 4.90 Å². The smallest absolute Gasteiger partial charge is 0.317 e. The summed E-state index contributed by atoms with van der Waals surface area (Å²) in [7, 11) is 0. The van der Waals surface area contributed by atoms with Crippen LogP contribution < -0.4 is 5.32 Å². The first-order valence-electron chi connectivity index (χ1n) is 6.76. The van der Waals surface area contributed by atoms with E-state index in [0.717, 1.165) is 4.88 Å². The van der Waals surface area contributed by atoms with Crippen LogP contribution in [0.4, 0.5) is 4.79 Å². The van der Waals surface area contributed by atoms with E-state index >= 15 is 0 Å². The zero-order chi connectivity index (χ0) is 15.1. The molecule has 0 spiro atoms. The van der Waals surface area contributed by atoms with Gasteiger partial charge >= 0.3 is 12.0 Å². The molecule has 5 nitrogen and oxygen atoms in total. The first-order chi connectivity index (χ1) is 9.45. The zero-order valence-electron chi connectivity index (χ0n) is 12.1. The van der Waals surface area contributed by atoms with E-state index in [1.54, 1.807) is 11.3 Å². The highest BCUT2D eigenvalue weighted by atomic mass is 32.1. The molecule has 2 N–H and O–H groups in total. The van der Waals surface area contributed by atoms with Crippen molar-refractivity contribution in [3.05, 3.63) is 22.4 Å². The number of carbonyl (C=O) groups excluding carboxylic acids is 1. The Hall–Kier alpha value is -1.56. The molecule has 0 radical (unpaired) electrons. The van der Waals surface area contributed by atoms with Crippen molar-refractivity contribution in [2.45, 2.75) is 33.2 Å². The maximum atomic E-state index is 12.2. The lowest BCUT2D eigenvalue weighted by molar-refractivity contribution is -0.137. The van der Waals surface area contributed by atoms with Crippen molar-refractivity contribution in [3.8, 4) is 0 Å². The third kappa shape index (κ3) is 4.85. The van der Waals surface area contributed by atoms with Gasteiger partial charge in [-0.3, -0.25) is 4.79 Å². The summed E-state index contributed by atoms with van der Waals surface area (Å²) in [5.41, 5.74) is 0. The van der Waals surface area contributed by atoms with Crippen molar-refractivity contribution >= 4 is 23.3 Å². The van der Waals surface area contributed by atoms with Gasteiger partial charge in [0.25, 0.3) is 0 Å². The van der Waals surface area contributed by atoms with Gasteiger partial charge in [-0.2, -0.15) is 0 Å². The topological polar surface area (TPSA) is 69.6 Å². The summed E-state index contributed by atoms with van der Waals surface area (Å²) in [5.74, 6) is -0.620. The quantitative estimate of drug-likeness (QED) is 0.813. The lowest BCUT2D eigenvalue weighted by Gasteiger charge is -2.26. The number of urea groups is 1. The Balaban J connectivity index is 2.67. The number of hydrogen-bond donors (Lipinski definition) is 2. The molecular formula is C14H22N2O3S. The van der Waals surface area contributed by atoms with Crippen molar-refractivity contribution in [2.24, 2.45) is 5.92 Å². The predicted molar refractivity (Wildman–Crippen MR) is 79.9 cm³/mol. The molecule has 1 unspecified atom stereocenters. The largest absolute Gasteiger partial charge is 0.481 e. The summed E-state index contributed by atoms with van der Waals surface area (Å²) < 4.78 is 0. The van der Waals surface area contributed by atoms with Crippen LogP contribution in [0.5, 0.6) is 0 Å². The third-order valence-corrected chi connectivity index (χ3v) is 4.02. The number of thiophene rings is 1. The Labute approximate surface area is 123 Å². The second-order valence-electron chi connectivity index (χ2n) is 4.91. The molecule has 1 rings (SSSR count). The second kappa shape index (κ2) is 7.89. The average Bonchev–Trinajstić information content (AvgIpc) is 2.89. The average molecular weight is 298 g/mol. The van der Waals surface area contributed by atoms with Gasteiger partial charge in [-0.25, -0.2) is 4.79 Å². The SMILES string of the molecule is CCN(CCC(=O)O)C(=O)NC(c1cccs1)C(C)C. The van der Waals surface area contributed by atoms with Crippen LogP contribution in [0.2, 0.25) is 0 Å². The standard InChI is InChI=1S/C14H22N2O3S/c1-4-16(8-7-12(17)18)14(19)15-13(10(2)3)11-6-5-9-20-11/h5-6,9-10,13H,4,7-8H2,1-3H3,(H,15,19)(H,17,18). The van der Waals surface area contributed by atoms with Gasteiger partial charge in [0.05, 0.1) is 12.5 Å². The Morgan fingerprint density at radius 2 is 2.15 bits per heavy atom. The minimum absolute atomic E-state index is 0.0351. The molecule has 20 heavy (non-hydrogen) atoms. The fraction of sp³-hybridized carbons (Fsp3) is 0.571. The third-order valence-electron chi connectivity index (χ3n) is 3.06. The van der Waals surface area contributed by atoms with Crippen molar-refractivity contribution < 1.29 is 14.7 Å². The second-order valence-corrected chi connectivity index (χ2v) is 5.89. The van der Waals surface area contributed by atoms with Gasteiger partial charge in [-0.05, 0) is 24.3 Å². The molecule has 112 valence electrons. The number of carboxylic acids is 1. The normalized spacial score (nSPS) is 12.2. The lowest BCUT2D eigenvalue weighted by atomic mass is 10.0. The van der Waals surface area contributed by atoms with Gasteiger partial charge < -0.3 is 15.3 Å². The summed E-state index contributed by atoms with van der Waals surface area (Å²) in [6, 6.07) is 3.72. The van der Waals surface area contributed by atoms with Crippen molar-refractivity contribution in [1.82, 2.24) is 10.2 Å². The highest BCUT2D eigenvalue weighted by Crippen LogP contribution is 2.25. The van der Waals surface area contributed by atoms with Gasteiger partial charge in [0.15, 0.2) is 0 Å². The molecule has 0 aliphatic carbocycles. The van der Waals surface area contributed by atoms with Gasteiger partial charge in [-0.15, -0.1) is 11.3 Å². The van der Waals surface area contributed by atoms with E-state index in [4.69, 9.17) is 5.11 Å². The number of aliphatic carboxylic acids is 1. The molecule has 0 aliphatic heterocycles. The Bertz CT molecular complexity index is 432. The van der Waals surface area contributed by atoms with E-state index in [2.05, 4.69) is 19.2 Å². The van der Waals surface area contributed by atoms with Crippen LogP contribution in [0.3, 0.4) is 0 Å². The number of amides is 2. The summed E-state index contributed by atoms with van der Waals surface area (Å²) in [6.07, 6.45) is -0.0351. The lowest BCUT2D eigenvalue weighted by Crippen LogP contribution is -2.43. The molecule has 1 aromatic rings. The number of carbonyl (C=O) groups is 2. The molecule has 0 aliphatic rings. The molecule has 2 amide bonds. The van der Waals surface area contributed by atoms with Crippen LogP contribution >= 0.6 is 11.3 Å². The van der Waals surface area contributed by atoms with Gasteiger partial charge in [-0.1, -0.05) is 19.9 Å². The molecule has 1 aromatic heterocycles. The predicted octanol–water partition coefficient (Wildman–Crippen LogP) is 2.95. The van der Waals surface area contributed by atoms with Gasteiger partial charge in [0.1, 0.15) is 0 Å². The summed E-state index contributed by atoms with van der Waals surface area (Å²) >= 11 is 1.61. The minimum atomic E-state index is -0.894. The number of carboxylic acid groups (broad SMARTS) is 1. The number of nitrogens with zero attached hydrogens (tertiary/aromatic N) is 1. The van der Waals surface area contributed by atoms with Crippen LogP contribution in [0.15, 0.2) is 17.5 Å². The van der Waals surface area contributed by atoms with Crippen molar-refractivity contribution in [1.29, 1.82) is 0 Å². The van der Waals surface area contributed by atoms with E-state index < -0.39 is 5.97 Å². The van der Waals surface area contributed by atoms with E-state index in [1.807, 2.05) is 24.4 Å². The molecule has 1 atom stereocenters. The highest BCUT2D eigenvalue weighted by Gasteiger charge is 2.22. The number of hydrogen-bond acceptors (Lipinski definition) is 3. The molecule has 1 heterocycles.